The molecular weight excluding hydrogens is 318 g/mol. The first kappa shape index (κ1) is 18.5. The van der Waals surface area contributed by atoms with Crippen molar-refractivity contribution >= 4 is 17.6 Å². The minimum atomic E-state index is -0.793. The van der Waals surface area contributed by atoms with Gasteiger partial charge < -0.3 is 14.8 Å². The molecule has 1 atom stereocenters. The maximum Gasteiger partial charge on any atom is 0.347 e. The summed E-state index contributed by atoms with van der Waals surface area (Å²) in [5, 5.41) is 2.78. The Balaban J connectivity index is 1.84. The molecule has 25 heavy (non-hydrogen) atoms. The Kier molecular flexibility index (Phi) is 6.57. The van der Waals surface area contributed by atoms with E-state index < -0.39 is 12.1 Å². The third kappa shape index (κ3) is 5.64. The third-order valence-electron chi connectivity index (χ3n) is 3.59. The number of benzene rings is 2. The molecule has 1 N–H and O–H groups in total. The van der Waals surface area contributed by atoms with Crippen molar-refractivity contribution in [3.63, 3.8) is 0 Å². The molecule has 2 rings (SSSR count). The second kappa shape index (κ2) is 8.87. The van der Waals surface area contributed by atoms with Gasteiger partial charge in [-0.05, 0) is 36.6 Å². The number of hydrogen-bond acceptors (Lipinski definition) is 4. The summed E-state index contributed by atoms with van der Waals surface area (Å²) in [5.41, 5.74) is 1.76. The van der Waals surface area contributed by atoms with Crippen LogP contribution >= 0.6 is 0 Å². The smallest absolute Gasteiger partial charge is 0.347 e. The van der Waals surface area contributed by atoms with E-state index in [4.69, 9.17) is 9.47 Å². The van der Waals surface area contributed by atoms with Crippen LogP contribution in [-0.2, 0) is 14.3 Å². The summed E-state index contributed by atoms with van der Waals surface area (Å²) in [5.74, 6) is -0.120. The van der Waals surface area contributed by atoms with Gasteiger partial charge in [0.15, 0.2) is 12.7 Å². The van der Waals surface area contributed by atoms with Gasteiger partial charge in [-0.2, -0.15) is 0 Å². The molecule has 5 heteroatoms. The highest BCUT2D eigenvalue weighted by Crippen LogP contribution is 2.23. The van der Waals surface area contributed by atoms with Crippen LogP contribution < -0.4 is 10.1 Å². The van der Waals surface area contributed by atoms with E-state index in [-0.39, 0.29) is 18.4 Å². The zero-order chi connectivity index (χ0) is 18.2. The average molecular weight is 341 g/mol. The van der Waals surface area contributed by atoms with Crippen LogP contribution in [0.5, 0.6) is 5.75 Å². The molecule has 0 aliphatic rings. The first-order valence-electron chi connectivity index (χ1n) is 8.24. The van der Waals surface area contributed by atoms with Crippen molar-refractivity contribution in [2.45, 2.75) is 32.8 Å². The highest BCUT2D eigenvalue weighted by Gasteiger charge is 2.18. The lowest BCUT2D eigenvalue weighted by molar-refractivity contribution is -0.153. The Morgan fingerprint density at radius 1 is 0.960 bits per heavy atom. The largest absolute Gasteiger partial charge is 0.479 e. The fourth-order valence-electron chi connectivity index (χ4n) is 2.31. The normalized spacial score (nSPS) is 11.7. The number of carbonyl (C=O) groups excluding carboxylic acids is 2. The van der Waals surface area contributed by atoms with Crippen LogP contribution in [0.2, 0.25) is 0 Å². The summed E-state index contributed by atoms with van der Waals surface area (Å²) in [4.78, 5) is 24.0. The minimum Gasteiger partial charge on any atom is -0.479 e. The molecule has 0 aromatic heterocycles. The summed E-state index contributed by atoms with van der Waals surface area (Å²) in [6.45, 7) is 5.33. The molecule has 0 unspecified atom stereocenters. The zero-order valence-corrected chi connectivity index (χ0v) is 14.7. The van der Waals surface area contributed by atoms with E-state index in [1.807, 2.05) is 56.3 Å². The topological polar surface area (TPSA) is 64.6 Å². The van der Waals surface area contributed by atoms with Crippen molar-refractivity contribution < 1.29 is 19.1 Å². The van der Waals surface area contributed by atoms with Crippen LogP contribution in [0.4, 0.5) is 5.69 Å². The lowest BCUT2D eigenvalue weighted by atomic mass is 10.0. The molecule has 1 amide bonds. The van der Waals surface area contributed by atoms with Gasteiger partial charge in [0, 0.05) is 5.69 Å². The van der Waals surface area contributed by atoms with Gasteiger partial charge in [-0.25, -0.2) is 4.79 Å². The van der Waals surface area contributed by atoms with Gasteiger partial charge in [0.2, 0.25) is 0 Å². The molecule has 0 fully saturated rings. The monoisotopic (exact) mass is 341 g/mol. The van der Waals surface area contributed by atoms with E-state index in [9.17, 15) is 9.59 Å². The zero-order valence-electron chi connectivity index (χ0n) is 14.7. The molecule has 0 radical (unpaired) electrons. The molecule has 0 saturated carbocycles. The Morgan fingerprint density at radius 2 is 1.60 bits per heavy atom. The third-order valence-corrected chi connectivity index (χ3v) is 3.59. The van der Waals surface area contributed by atoms with Crippen LogP contribution in [0, 0.1) is 0 Å². The first-order valence-corrected chi connectivity index (χ1v) is 8.24. The quantitative estimate of drug-likeness (QED) is 0.779. The predicted molar refractivity (Wildman–Crippen MR) is 96.7 cm³/mol. The molecule has 0 saturated heterocycles. The number of ether oxygens (including phenoxy) is 2. The predicted octanol–water partition coefficient (Wildman–Crippen LogP) is 3.76. The number of amides is 1. The number of rotatable bonds is 7. The molecule has 2 aromatic carbocycles. The molecule has 2 aromatic rings. The van der Waals surface area contributed by atoms with E-state index in [1.54, 1.807) is 19.1 Å². The van der Waals surface area contributed by atoms with Crippen molar-refractivity contribution in [3.8, 4) is 5.75 Å². The van der Waals surface area contributed by atoms with Gasteiger partial charge in [0.05, 0.1) is 0 Å². The highest BCUT2D eigenvalue weighted by atomic mass is 16.6. The summed E-state index contributed by atoms with van der Waals surface area (Å²) < 4.78 is 10.5. The van der Waals surface area contributed by atoms with E-state index in [1.165, 1.54) is 0 Å². The lowest BCUT2D eigenvalue weighted by Crippen LogP contribution is -2.29. The molecular formula is C20H23NO4. The van der Waals surface area contributed by atoms with Crippen LogP contribution in [0.1, 0.15) is 32.3 Å². The summed E-state index contributed by atoms with van der Waals surface area (Å²) in [7, 11) is 0. The molecule has 5 nitrogen and oxygen atoms in total. The average Bonchev–Trinajstić information content (AvgIpc) is 2.60. The van der Waals surface area contributed by atoms with Crippen molar-refractivity contribution in [3.05, 3.63) is 60.2 Å². The second-order valence-electron chi connectivity index (χ2n) is 5.97. The summed E-state index contributed by atoms with van der Waals surface area (Å²) in [6, 6.07) is 16.5. The number of nitrogens with one attached hydrogen (secondary N) is 1. The van der Waals surface area contributed by atoms with Crippen LogP contribution in [0.25, 0.3) is 0 Å². The molecule has 0 aliphatic heterocycles. The van der Waals surface area contributed by atoms with Crippen LogP contribution in [-0.4, -0.2) is 24.6 Å². The summed E-state index contributed by atoms with van der Waals surface area (Å²) in [6.07, 6.45) is -0.793. The maximum atomic E-state index is 12.0. The highest BCUT2D eigenvalue weighted by molar-refractivity contribution is 5.93. The Morgan fingerprint density at radius 3 is 2.28 bits per heavy atom. The van der Waals surface area contributed by atoms with Crippen molar-refractivity contribution in [1.82, 2.24) is 0 Å². The van der Waals surface area contributed by atoms with Crippen molar-refractivity contribution in [2.24, 2.45) is 0 Å². The summed E-state index contributed by atoms with van der Waals surface area (Å²) >= 11 is 0. The SMILES string of the molecule is CC(C)c1ccccc1NC(=O)COC(=O)[C@H](C)Oc1ccccc1. The fraction of sp³-hybridized carbons (Fsp3) is 0.300. The standard InChI is InChI=1S/C20H23NO4/c1-14(2)17-11-7-8-12-18(17)21-19(22)13-24-20(23)15(3)25-16-9-5-4-6-10-16/h4-12,14-15H,13H2,1-3H3,(H,21,22)/t15-/m0/s1. The Labute approximate surface area is 148 Å². The number of esters is 1. The van der Waals surface area contributed by atoms with Gasteiger partial charge in [0.25, 0.3) is 5.91 Å². The van der Waals surface area contributed by atoms with Crippen molar-refractivity contribution in [2.75, 3.05) is 11.9 Å². The van der Waals surface area contributed by atoms with Gasteiger partial charge in [-0.3, -0.25) is 4.79 Å². The molecule has 0 spiro atoms. The fourth-order valence-corrected chi connectivity index (χ4v) is 2.31. The number of hydrogen-bond donors (Lipinski definition) is 1. The van der Waals surface area contributed by atoms with Gasteiger partial charge in [0.1, 0.15) is 5.75 Å². The van der Waals surface area contributed by atoms with E-state index in [0.29, 0.717) is 5.75 Å². The number of para-hydroxylation sites is 2. The molecule has 0 heterocycles. The van der Waals surface area contributed by atoms with Crippen LogP contribution in [0.3, 0.4) is 0 Å². The number of carbonyl (C=O) groups is 2. The van der Waals surface area contributed by atoms with Crippen LogP contribution in [0.15, 0.2) is 54.6 Å². The van der Waals surface area contributed by atoms with Gasteiger partial charge >= 0.3 is 5.97 Å². The number of anilines is 1. The minimum absolute atomic E-state index is 0.276. The Hall–Kier alpha value is -2.82. The van der Waals surface area contributed by atoms with E-state index >= 15 is 0 Å². The van der Waals surface area contributed by atoms with Gasteiger partial charge in [-0.1, -0.05) is 50.2 Å². The lowest BCUT2D eigenvalue weighted by Gasteiger charge is -2.15. The molecule has 0 bridgehead atoms. The first-order chi connectivity index (χ1) is 12.0. The van der Waals surface area contributed by atoms with E-state index in [0.717, 1.165) is 11.3 Å². The van der Waals surface area contributed by atoms with Gasteiger partial charge in [-0.15, -0.1) is 0 Å². The van der Waals surface area contributed by atoms with Crippen molar-refractivity contribution in [1.29, 1.82) is 0 Å². The second-order valence-corrected chi connectivity index (χ2v) is 5.97. The Bertz CT molecular complexity index is 713. The molecule has 0 aliphatic carbocycles. The maximum absolute atomic E-state index is 12.0. The van der Waals surface area contributed by atoms with E-state index in [2.05, 4.69) is 5.32 Å². The molecule has 132 valence electrons.